The number of hydrazine groups is 1. The summed E-state index contributed by atoms with van der Waals surface area (Å²) in [5.74, 6) is -0.255. The fourth-order valence-corrected chi connectivity index (χ4v) is 3.18. The van der Waals surface area contributed by atoms with Crippen LogP contribution in [0.1, 0.15) is 10.4 Å². The Morgan fingerprint density at radius 2 is 2.12 bits per heavy atom. The molecule has 0 bridgehead atoms. The Labute approximate surface area is 157 Å². The van der Waals surface area contributed by atoms with Gasteiger partial charge in [0.2, 0.25) is 0 Å². The molecule has 26 heavy (non-hydrogen) atoms. The number of hydrogen-bond donors (Lipinski definition) is 3. The van der Waals surface area contributed by atoms with Gasteiger partial charge < -0.3 is 4.74 Å². The van der Waals surface area contributed by atoms with E-state index in [-0.39, 0.29) is 12.5 Å². The number of hydrogen-bond acceptors (Lipinski definition) is 7. The number of carbonyl (C=O) groups is 2. The third-order valence-electron chi connectivity index (χ3n) is 3.47. The van der Waals surface area contributed by atoms with Crippen molar-refractivity contribution >= 4 is 41.1 Å². The summed E-state index contributed by atoms with van der Waals surface area (Å²) >= 11 is 6.70. The zero-order valence-electron chi connectivity index (χ0n) is 13.7. The average molecular weight is 389 g/mol. The second-order valence-electron chi connectivity index (χ2n) is 5.13. The Morgan fingerprint density at radius 3 is 2.85 bits per heavy atom. The number of rotatable bonds is 6. The number of amides is 1. The lowest BCUT2D eigenvalue weighted by Crippen LogP contribution is -2.33. The van der Waals surface area contributed by atoms with Crippen molar-refractivity contribution in [3.63, 3.8) is 0 Å². The van der Waals surface area contributed by atoms with Crippen molar-refractivity contribution in [2.24, 2.45) is 0 Å². The standard InChI is InChI=1S/C16H15N5O3S2/c1-24-15(23)10-5-2-3-6-11(10)17-18-13(22)9-21-14(19-20-16(21)25)12-7-4-8-26-12/h2-8,17H,9H2,1H3,(H,18,22)(H,20,25). The Morgan fingerprint density at radius 1 is 1.31 bits per heavy atom. The molecule has 0 saturated carbocycles. The number of thiophene rings is 1. The number of aromatic amines is 1. The van der Waals surface area contributed by atoms with Crippen LogP contribution in [0, 0.1) is 4.77 Å². The SMILES string of the molecule is COC(=O)c1ccccc1NNC(=O)Cn1c(-c2cccs2)n[nH]c1=S. The maximum atomic E-state index is 12.3. The summed E-state index contributed by atoms with van der Waals surface area (Å²) in [5.41, 5.74) is 6.04. The van der Waals surface area contributed by atoms with Crippen LogP contribution in [-0.2, 0) is 16.1 Å². The molecule has 0 radical (unpaired) electrons. The molecule has 0 saturated heterocycles. The van der Waals surface area contributed by atoms with Crippen LogP contribution in [0.25, 0.3) is 10.7 Å². The molecule has 0 spiro atoms. The summed E-state index contributed by atoms with van der Waals surface area (Å²) in [4.78, 5) is 25.0. The first-order valence-corrected chi connectivity index (χ1v) is 8.80. The highest BCUT2D eigenvalue weighted by Gasteiger charge is 2.14. The minimum atomic E-state index is -0.501. The lowest BCUT2D eigenvalue weighted by atomic mass is 10.2. The number of anilines is 1. The van der Waals surface area contributed by atoms with Crippen molar-refractivity contribution in [1.82, 2.24) is 20.2 Å². The Balaban J connectivity index is 1.71. The van der Waals surface area contributed by atoms with Crippen LogP contribution < -0.4 is 10.9 Å². The Kier molecular flexibility index (Phi) is 5.44. The lowest BCUT2D eigenvalue weighted by Gasteiger charge is -2.12. The number of H-pyrrole nitrogens is 1. The fraction of sp³-hybridized carbons (Fsp3) is 0.125. The van der Waals surface area contributed by atoms with E-state index in [4.69, 9.17) is 17.0 Å². The third-order valence-corrected chi connectivity index (χ3v) is 4.65. The van der Waals surface area contributed by atoms with Crippen molar-refractivity contribution in [2.45, 2.75) is 6.54 Å². The van der Waals surface area contributed by atoms with Gasteiger partial charge in [-0.3, -0.25) is 25.3 Å². The van der Waals surface area contributed by atoms with Gasteiger partial charge in [0.15, 0.2) is 10.6 Å². The first-order valence-electron chi connectivity index (χ1n) is 7.51. The topological polar surface area (TPSA) is 101 Å². The molecule has 0 unspecified atom stereocenters. The van der Waals surface area contributed by atoms with E-state index in [0.29, 0.717) is 21.8 Å². The van der Waals surface area contributed by atoms with Gasteiger partial charge in [0.25, 0.3) is 5.91 Å². The monoisotopic (exact) mass is 389 g/mol. The number of carbonyl (C=O) groups excluding carboxylic acids is 2. The van der Waals surface area contributed by atoms with Crippen LogP contribution >= 0.6 is 23.6 Å². The number of para-hydroxylation sites is 1. The van der Waals surface area contributed by atoms with Crippen molar-refractivity contribution in [1.29, 1.82) is 0 Å². The molecular weight excluding hydrogens is 374 g/mol. The predicted octanol–water partition coefficient (Wildman–Crippen LogP) is 2.60. The number of nitrogens with one attached hydrogen (secondary N) is 3. The molecule has 2 aromatic heterocycles. The van der Waals surface area contributed by atoms with Crippen molar-refractivity contribution < 1.29 is 14.3 Å². The summed E-state index contributed by atoms with van der Waals surface area (Å²) in [6.45, 7) is -0.0318. The molecule has 3 N–H and O–H groups in total. The molecule has 3 rings (SSSR count). The molecule has 1 aromatic carbocycles. The first kappa shape index (κ1) is 17.8. The number of benzene rings is 1. The van der Waals surface area contributed by atoms with E-state index in [0.717, 1.165) is 4.88 Å². The summed E-state index contributed by atoms with van der Waals surface area (Å²) < 4.78 is 6.67. The normalized spacial score (nSPS) is 10.3. The Hall–Kier alpha value is -2.98. The van der Waals surface area contributed by atoms with E-state index < -0.39 is 5.97 Å². The van der Waals surface area contributed by atoms with Crippen molar-refractivity contribution in [3.8, 4) is 10.7 Å². The molecule has 0 aliphatic carbocycles. The molecule has 0 aliphatic rings. The number of ether oxygens (including phenoxy) is 1. The number of esters is 1. The highest BCUT2D eigenvalue weighted by molar-refractivity contribution is 7.71. The van der Waals surface area contributed by atoms with Gasteiger partial charge in [0, 0.05) is 0 Å². The Bertz CT molecular complexity index is 978. The van der Waals surface area contributed by atoms with Gasteiger partial charge in [-0.25, -0.2) is 4.79 Å². The maximum absolute atomic E-state index is 12.3. The smallest absolute Gasteiger partial charge is 0.340 e. The summed E-state index contributed by atoms with van der Waals surface area (Å²) in [5, 5.41) is 8.79. The molecule has 3 aromatic rings. The summed E-state index contributed by atoms with van der Waals surface area (Å²) in [7, 11) is 1.30. The molecule has 1 amide bonds. The van der Waals surface area contributed by atoms with E-state index in [1.54, 1.807) is 28.8 Å². The van der Waals surface area contributed by atoms with E-state index in [9.17, 15) is 9.59 Å². The molecule has 2 heterocycles. The second-order valence-corrected chi connectivity index (χ2v) is 6.46. The van der Waals surface area contributed by atoms with Crippen molar-refractivity contribution in [3.05, 3.63) is 52.1 Å². The zero-order valence-corrected chi connectivity index (χ0v) is 15.3. The van der Waals surface area contributed by atoms with Gasteiger partial charge in [-0.15, -0.1) is 11.3 Å². The molecule has 134 valence electrons. The van der Waals surface area contributed by atoms with Gasteiger partial charge in [-0.1, -0.05) is 18.2 Å². The number of nitrogens with zero attached hydrogens (tertiary/aromatic N) is 2. The minimum Gasteiger partial charge on any atom is -0.465 e. The number of aromatic nitrogens is 3. The van der Waals surface area contributed by atoms with Gasteiger partial charge >= 0.3 is 5.97 Å². The van der Waals surface area contributed by atoms with E-state index in [1.807, 2.05) is 17.5 Å². The summed E-state index contributed by atoms with van der Waals surface area (Å²) in [6.07, 6.45) is 0. The molecule has 10 heteroatoms. The van der Waals surface area contributed by atoms with Gasteiger partial charge in [0.05, 0.1) is 23.2 Å². The van der Waals surface area contributed by atoms with Gasteiger partial charge in [-0.05, 0) is 35.8 Å². The van der Waals surface area contributed by atoms with Crippen LogP contribution in [0.4, 0.5) is 5.69 Å². The highest BCUT2D eigenvalue weighted by atomic mass is 32.1. The average Bonchev–Trinajstić information content (AvgIpc) is 3.30. The van der Waals surface area contributed by atoms with E-state index in [2.05, 4.69) is 21.0 Å². The van der Waals surface area contributed by atoms with E-state index in [1.165, 1.54) is 18.4 Å². The molecular formula is C16H15N5O3S2. The van der Waals surface area contributed by atoms with Crippen molar-refractivity contribution in [2.75, 3.05) is 12.5 Å². The summed E-state index contributed by atoms with van der Waals surface area (Å²) in [6, 6.07) is 10.5. The molecule has 0 aliphatic heterocycles. The van der Waals surface area contributed by atoms with Gasteiger partial charge in [-0.2, -0.15) is 5.10 Å². The zero-order chi connectivity index (χ0) is 18.5. The lowest BCUT2D eigenvalue weighted by molar-refractivity contribution is -0.121. The minimum absolute atomic E-state index is 0.0318. The predicted molar refractivity (Wildman–Crippen MR) is 100 cm³/mol. The molecule has 8 nitrogen and oxygen atoms in total. The van der Waals surface area contributed by atoms with Crippen LogP contribution in [-0.4, -0.2) is 33.8 Å². The maximum Gasteiger partial charge on any atom is 0.340 e. The van der Waals surface area contributed by atoms with E-state index >= 15 is 0 Å². The quantitative estimate of drug-likeness (QED) is 0.340. The third kappa shape index (κ3) is 3.81. The van der Waals surface area contributed by atoms with Crippen LogP contribution in [0.3, 0.4) is 0 Å². The number of methoxy groups -OCH3 is 1. The highest BCUT2D eigenvalue weighted by Crippen LogP contribution is 2.22. The fourth-order valence-electron chi connectivity index (χ4n) is 2.26. The largest absolute Gasteiger partial charge is 0.465 e. The van der Waals surface area contributed by atoms with Crippen LogP contribution in [0.15, 0.2) is 41.8 Å². The van der Waals surface area contributed by atoms with Gasteiger partial charge in [0.1, 0.15) is 6.54 Å². The van der Waals surface area contributed by atoms with Crippen LogP contribution in [0.5, 0.6) is 0 Å². The first-order chi connectivity index (χ1) is 12.6. The van der Waals surface area contributed by atoms with Crippen LogP contribution in [0.2, 0.25) is 0 Å². The molecule has 0 atom stereocenters. The molecule has 0 fully saturated rings. The second kappa shape index (κ2) is 7.93.